The Morgan fingerprint density at radius 3 is 2.14 bits per heavy atom. The van der Waals surface area contributed by atoms with Crippen molar-refractivity contribution < 1.29 is 14.6 Å². The van der Waals surface area contributed by atoms with Crippen molar-refractivity contribution in [3.63, 3.8) is 0 Å². The molecule has 4 nitrogen and oxygen atoms in total. The van der Waals surface area contributed by atoms with Crippen LogP contribution in [0.5, 0.6) is 0 Å². The van der Waals surface area contributed by atoms with Crippen LogP contribution >= 0.6 is 34.8 Å². The molecule has 7 heteroatoms. The summed E-state index contributed by atoms with van der Waals surface area (Å²) in [6.07, 6.45) is 2.47. The van der Waals surface area contributed by atoms with Crippen LogP contribution < -0.4 is 0 Å². The molecule has 0 aliphatic rings. The van der Waals surface area contributed by atoms with Crippen molar-refractivity contribution in [3.8, 4) is 11.1 Å². The third-order valence-corrected chi connectivity index (χ3v) is 5.32. The van der Waals surface area contributed by atoms with E-state index in [0.717, 1.165) is 11.1 Å². The van der Waals surface area contributed by atoms with Gasteiger partial charge in [-0.05, 0) is 29.8 Å². The van der Waals surface area contributed by atoms with Crippen molar-refractivity contribution in [2.75, 3.05) is 14.2 Å². The third kappa shape index (κ3) is 4.71. The number of ether oxygens (including phenoxy) is 2. The number of hydrogen-bond donors (Lipinski definition) is 1. The lowest BCUT2D eigenvalue weighted by atomic mass is 9.97. The van der Waals surface area contributed by atoms with Gasteiger partial charge in [-0.25, -0.2) is 0 Å². The minimum atomic E-state index is -0.930. The summed E-state index contributed by atoms with van der Waals surface area (Å²) in [6, 6.07) is 12.5. The maximum atomic E-state index is 11.1. The second-order valence-electron chi connectivity index (χ2n) is 6.30. The minimum absolute atomic E-state index is 0.404. The summed E-state index contributed by atoms with van der Waals surface area (Å²) in [7, 11) is 3.17. The number of benzene rings is 2. The molecule has 2 aromatic carbocycles. The first-order valence-electron chi connectivity index (χ1n) is 8.57. The smallest absolute Gasteiger partial charge is 0.174 e. The van der Waals surface area contributed by atoms with E-state index in [0.29, 0.717) is 32.7 Å². The van der Waals surface area contributed by atoms with Gasteiger partial charge in [0.2, 0.25) is 0 Å². The van der Waals surface area contributed by atoms with Crippen molar-refractivity contribution >= 4 is 34.8 Å². The van der Waals surface area contributed by atoms with Crippen molar-refractivity contribution in [2.45, 2.75) is 18.9 Å². The Labute approximate surface area is 179 Å². The molecule has 0 fully saturated rings. The Bertz CT molecular complexity index is 937. The highest BCUT2D eigenvalue weighted by Crippen LogP contribution is 2.36. The molecule has 0 aliphatic heterocycles. The van der Waals surface area contributed by atoms with E-state index in [9.17, 15) is 5.11 Å². The van der Waals surface area contributed by atoms with Crippen LogP contribution in [0.1, 0.15) is 17.2 Å². The number of aliphatic hydroxyl groups excluding tert-OH is 1. The van der Waals surface area contributed by atoms with E-state index in [1.54, 1.807) is 32.4 Å². The van der Waals surface area contributed by atoms with Crippen LogP contribution in [0, 0.1) is 0 Å². The van der Waals surface area contributed by atoms with Gasteiger partial charge in [-0.15, -0.1) is 0 Å². The number of aromatic nitrogens is 1. The van der Waals surface area contributed by atoms with Gasteiger partial charge in [-0.2, -0.15) is 0 Å². The van der Waals surface area contributed by atoms with Crippen molar-refractivity contribution in [1.82, 2.24) is 4.57 Å². The topological polar surface area (TPSA) is 43.6 Å². The molecular weight excluding hydrogens is 421 g/mol. The van der Waals surface area contributed by atoms with Crippen molar-refractivity contribution in [2.24, 2.45) is 0 Å². The molecule has 0 spiro atoms. The fraction of sp³-hybridized carbons (Fsp3) is 0.238. The van der Waals surface area contributed by atoms with Crippen LogP contribution in [-0.4, -0.2) is 30.2 Å². The number of rotatable bonds is 7. The Hall–Kier alpha value is -1.53. The molecule has 3 rings (SSSR count). The van der Waals surface area contributed by atoms with E-state index in [-0.39, 0.29) is 0 Å². The van der Waals surface area contributed by atoms with Crippen molar-refractivity contribution in [1.29, 1.82) is 0 Å². The Kier molecular flexibility index (Phi) is 7.05. The van der Waals surface area contributed by atoms with E-state index in [1.165, 1.54) is 0 Å². The Balaban J connectivity index is 2.06. The molecule has 0 radical (unpaired) electrons. The van der Waals surface area contributed by atoms with Gasteiger partial charge in [0.05, 0.1) is 6.54 Å². The Morgan fingerprint density at radius 2 is 1.54 bits per heavy atom. The summed E-state index contributed by atoms with van der Waals surface area (Å²) >= 11 is 18.3. The standard InChI is InChI=1S/C21H20Cl3NO3/c1-27-20(28-2)12-25-10-17(13-3-5-14(22)6-4-13)18(11-25)21(26)16-8-7-15(23)9-19(16)24/h3-11,20-21,26H,12H2,1-2H3. The first-order valence-corrected chi connectivity index (χ1v) is 9.70. The van der Waals surface area contributed by atoms with E-state index in [2.05, 4.69) is 0 Å². The quantitative estimate of drug-likeness (QED) is 0.471. The molecule has 0 saturated carbocycles. The predicted octanol–water partition coefficient (Wildman–Crippen LogP) is 5.82. The molecule has 0 amide bonds. The van der Waals surface area contributed by atoms with Gasteiger partial charge in [0.1, 0.15) is 6.10 Å². The monoisotopic (exact) mass is 439 g/mol. The minimum Gasteiger partial charge on any atom is -0.384 e. The molecule has 1 aromatic heterocycles. The summed E-state index contributed by atoms with van der Waals surface area (Å²) < 4.78 is 12.5. The van der Waals surface area contributed by atoms with E-state index in [4.69, 9.17) is 44.3 Å². The second-order valence-corrected chi connectivity index (χ2v) is 7.58. The molecule has 1 heterocycles. The normalized spacial score (nSPS) is 12.5. The molecule has 0 saturated heterocycles. The molecule has 1 N–H and O–H groups in total. The van der Waals surface area contributed by atoms with Gasteiger partial charge in [0.15, 0.2) is 6.29 Å². The molecule has 0 bridgehead atoms. The van der Waals surface area contributed by atoms with E-state index >= 15 is 0 Å². The highest BCUT2D eigenvalue weighted by molar-refractivity contribution is 6.35. The molecule has 0 aliphatic carbocycles. The third-order valence-electron chi connectivity index (χ3n) is 4.50. The highest BCUT2D eigenvalue weighted by atomic mass is 35.5. The highest BCUT2D eigenvalue weighted by Gasteiger charge is 2.21. The zero-order valence-corrected chi connectivity index (χ0v) is 17.7. The predicted molar refractivity (Wildman–Crippen MR) is 113 cm³/mol. The second kappa shape index (κ2) is 9.31. The summed E-state index contributed by atoms with van der Waals surface area (Å²) in [5.41, 5.74) is 3.07. The van der Waals surface area contributed by atoms with Gasteiger partial charge in [-0.1, -0.05) is 53.0 Å². The summed E-state index contributed by atoms with van der Waals surface area (Å²) in [6.45, 7) is 0.467. The number of methoxy groups -OCH3 is 2. The van der Waals surface area contributed by atoms with Crippen LogP contribution in [0.25, 0.3) is 11.1 Å². The SMILES string of the molecule is COC(Cn1cc(-c2ccc(Cl)cc2)c(C(O)c2ccc(Cl)cc2Cl)c1)OC. The number of aliphatic hydroxyl groups is 1. The molecule has 28 heavy (non-hydrogen) atoms. The first-order chi connectivity index (χ1) is 13.4. The number of halogens is 3. The summed E-state index contributed by atoms with van der Waals surface area (Å²) in [5, 5.41) is 12.7. The largest absolute Gasteiger partial charge is 0.384 e. The average molecular weight is 441 g/mol. The van der Waals surface area contributed by atoms with E-state index in [1.807, 2.05) is 41.2 Å². The van der Waals surface area contributed by atoms with Crippen LogP contribution in [0.2, 0.25) is 15.1 Å². The average Bonchev–Trinajstić information content (AvgIpc) is 3.10. The van der Waals surface area contributed by atoms with Gasteiger partial charge in [0.25, 0.3) is 0 Å². The Morgan fingerprint density at radius 1 is 0.893 bits per heavy atom. The maximum Gasteiger partial charge on any atom is 0.174 e. The van der Waals surface area contributed by atoms with Crippen molar-refractivity contribution in [3.05, 3.63) is 81.1 Å². The van der Waals surface area contributed by atoms with Gasteiger partial charge in [0, 0.05) is 58.4 Å². The lowest BCUT2D eigenvalue weighted by Gasteiger charge is -2.15. The fourth-order valence-electron chi connectivity index (χ4n) is 3.03. The van der Waals surface area contributed by atoms with Crippen LogP contribution in [0.4, 0.5) is 0 Å². The van der Waals surface area contributed by atoms with Crippen LogP contribution in [0.3, 0.4) is 0 Å². The van der Waals surface area contributed by atoms with Gasteiger partial charge < -0.3 is 19.1 Å². The number of hydrogen-bond acceptors (Lipinski definition) is 3. The summed E-state index contributed by atoms with van der Waals surface area (Å²) in [4.78, 5) is 0. The fourth-order valence-corrected chi connectivity index (χ4v) is 3.67. The maximum absolute atomic E-state index is 11.1. The van der Waals surface area contributed by atoms with E-state index < -0.39 is 12.4 Å². The lowest BCUT2D eigenvalue weighted by Crippen LogP contribution is -2.19. The number of nitrogens with zero attached hydrogens (tertiary/aromatic N) is 1. The lowest BCUT2D eigenvalue weighted by molar-refractivity contribution is -0.110. The zero-order valence-electron chi connectivity index (χ0n) is 15.4. The van der Waals surface area contributed by atoms with Gasteiger partial charge in [-0.3, -0.25) is 0 Å². The molecule has 1 atom stereocenters. The van der Waals surface area contributed by atoms with Crippen LogP contribution in [-0.2, 0) is 16.0 Å². The van der Waals surface area contributed by atoms with Crippen LogP contribution in [0.15, 0.2) is 54.9 Å². The first kappa shape index (κ1) is 21.2. The zero-order chi connectivity index (χ0) is 20.3. The summed E-state index contributed by atoms with van der Waals surface area (Å²) in [5.74, 6) is 0. The molecule has 148 valence electrons. The molecule has 3 aromatic rings. The van der Waals surface area contributed by atoms with Gasteiger partial charge >= 0.3 is 0 Å². The molecule has 1 unspecified atom stereocenters. The molecular formula is C21H20Cl3NO3.